The number of likely N-dealkylation sites (tertiary alicyclic amines) is 1. The Bertz CT molecular complexity index is 698. The maximum Gasteiger partial charge on any atom is 0.226 e. The summed E-state index contributed by atoms with van der Waals surface area (Å²) in [4.78, 5) is 19.2. The number of carbonyl (C=O) groups is 1. The van der Waals surface area contributed by atoms with Gasteiger partial charge in [0.05, 0.1) is 17.6 Å². The summed E-state index contributed by atoms with van der Waals surface area (Å²) in [5.41, 5.74) is 2.93. The third kappa shape index (κ3) is 3.39. The van der Waals surface area contributed by atoms with Gasteiger partial charge in [0.25, 0.3) is 0 Å². The molecule has 1 aromatic heterocycles. The number of amides is 1. The van der Waals surface area contributed by atoms with Crippen molar-refractivity contribution in [3.63, 3.8) is 0 Å². The standard InChI is InChI=1S/C18H26N4O/c1-4-22-16-8-7-14(19-18(23)13(2)3)11-15(16)20-17(22)12-21-9-5-6-10-21/h7-8,11,13H,4-6,9-10,12H2,1-3H3,(H,19,23). The summed E-state index contributed by atoms with van der Waals surface area (Å²) in [6.07, 6.45) is 2.58. The van der Waals surface area contributed by atoms with Gasteiger partial charge in [-0.2, -0.15) is 0 Å². The monoisotopic (exact) mass is 314 g/mol. The molecule has 5 heteroatoms. The van der Waals surface area contributed by atoms with Crippen molar-refractivity contribution in [1.29, 1.82) is 0 Å². The highest BCUT2D eigenvalue weighted by Gasteiger charge is 2.17. The summed E-state index contributed by atoms with van der Waals surface area (Å²) < 4.78 is 2.28. The third-order valence-corrected chi connectivity index (χ3v) is 4.50. The average molecular weight is 314 g/mol. The van der Waals surface area contributed by atoms with Crippen LogP contribution in [0.5, 0.6) is 0 Å². The van der Waals surface area contributed by atoms with Crippen LogP contribution in [0.15, 0.2) is 18.2 Å². The lowest BCUT2D eigenvalue weighted by molar-refractivity contribution is -0.118. The van der Waals surface area contributed by atoms with Gasteiger partial charge in [-0.1, -0.05) is 13.8 Å². The lowest BCUT2D eigenvalue weighted by atomic mass is 10.2. The van der Waals surface area contributed by atoms with Gasteiger partial charge < -0.3 is 9.88 Å². The number of rotatable bonds is 5. The lowest BCUT2D eigenvalue weighted by Crippen LogP contribution is -2.21. The van der Waals surface area contributed by atoms with Crippen molar-refractivity contribution in [2.45, 2.75) is 46.7 Å². The van der Waals surface area contributed by atoms with Crippen molar-refractivity contribution in [2.24, 2.45) is 5.92 Å². The molecular formula is C18H26N4O. The van der Waals surface area contributed by atoms with E-state index in [1.807, 2.05) is 26.0 Å². The van der Waals surface area contributed by atoms with Gasteiger partial charge in [0.15, 0.2) is 0 Å². The number of nitrogens with one attached hydrogen (secondary N) is 1. The Kier molecular flexibility index (Phi) is 4.66. The summed E-state index contributed by atoms with van der Waals surface area (Å²) in [6.45, 7) is 10.1. The van der Waals surface area contributed by atoms with Crippen LogP contribution in [-0.2, 0) is 17.9 Å². The zero-order chi connectivity index (χ0) is 16.4. The summed E-state index contributed by atoms with van der Waals surface area (Å²) in [5, 5.41) is 2.95. The van der Waals surface area contributed by atoms with Crippen LogP contribution < -0.4 is 5.32 Å². The van der Waals surface area contributed by atoms with Gasteiger partial charge in [0.1, 0.15) is 5.82 Å². The maximum absolute atomic E-state index is 11.9. The summed E-state index contributed by atoms with van der Waals surface area (Å²) in [5.74, 6) is 1.14. The van der Waals surface area contributed by atoms with E-state index in [1.54, 1.807) is 0 Å². The fourth-order valence-electron chi connectivity index (χ4n) is 3.16. The normalized spacial score (nSPS) is 15.7. The van der Waals surface area contributed by atoms with Crippen LogP contribution in [0.25, 0.3) is 11.0 Å². The van der Waals surface area contributed by atoms with Crippen molar-refractivity contribution in [1.82, 2.24) is 14.5 Å². The Morgan fingerprint density at radius 2 is 2.04 bits per heavy atom. The van der Waals surface area contributed by atoms with Gasteiger partial charge in [-0.25, -0.2) is 4.98 Å². The van der Waals surface area contributed by atoms with Crippen molar-refractivity contribution in [3.05, 3.63) is 24.0 Å². The minimum absolute atomic E-state index is 0.0235. The number of benzene rings is 1. The van der Waals surface area contributed by atoms with Crippen molar-refractivity contribution in [2.75, 3.05) is 18.4 Å². The molecule has 0 saturated carbocycles. The Morgan fingerprint density at radius 3 is 2.70 bits per heavy atom. The highest BCUT2D eigenvalue weighted by atomic mass is 16.1. The molecule has 1 N–H and O–H groups in total. The summed E-state index contributed by atoms with van der Waals surface area (Å²) in [6, 6.07) is 6.01. The van der Waals surface area contributed by atoms with E-state index in [1.165, 1.54) is 25.9 Å². The number of nitrogens with zero attached hydrogens (tertiary/aromatic N) is 3. The van der Waals surface area contributed by atoms with E-state index >= 15 is 0 Å². The first kappa shape index (κ1) is 16.0. The smallest absolute Gasteiger partial charge is 0.226 e. The predicted molar refractivity (Wildman–Crippen MR) is 93.4 cm³/mol. The van der Waals surface area contributed by atoms with Gasteiger partial charge in [0, 0.05) is 18.2 Å². The maximum atomic E-state index is 11.9. The van der Waals surface area contributed by atoms with Crippen LogP contribution in [0.4, 0.5) is 5.69 Å². The molecule has 124 valence electrons. The van der Waals surface area contributed by atoms with E-state index in [-0.39, 0.29) is 11.8 Å². The Hall–Kier alpha value is -1.88. The number of hydrogen-bond donors (Lipinski definition) is 1. The fraction of sp³-hybridized carbons (Fsp3) is 0.556. The first-order valence-corrected chi connectivity index (χ1v) is 8.61. The van der Waals surface area contributed by atoms with Crippen molar-refractivity contribution >= 4 is 22.6 Å². The van der Waals surface area contributed by atoms with E-state index in [0.717, 1.165) is 35.6 Å². The molecule has 2 aromatic rings. The predicted octanol–water partition coefficient (Wildman–Crippen LogP) is 3.25. The molecule has 1 fully saturated rings. The second-order valence-corrected chi connectivity index (χ2v) is 6.60. The van der Waals surface area contributed by atoms with E-state index in [9.17, 15) is 4.79 Å². The minimum Gasteiger partial charge on any atom is -0.327 e. The molecule has 0 radical (unpaired) electrons. The molecule has 1 aliphatic heterocycles. The number of imidazole rings is 1. The molecule has 0 spiro atoms. The van der Waals surface area contributed by atoms with E-state index < -0.39 is 0 Å². The number of carbonyl (C=O) groups excluding carboxylic acids is 1. The van der Waals surface area contributed by atoms with E-state index in [4.69, 9.17) is 4.98 Å². The third-order valence-electron chi connectivity index (χ3n) is 4.50. The van der Waals surface area contributed by atoms with Crippen molar-refractivity contribution < 1.29 is 4.79 Å². The number of hydrogen-bond acceptors (Lipinski definition) is 3. The van der Waals surface area contributed by atoms with Crippen LogP contribution >= 0.6 is 0 Å². The highest BCUT2D eigenvalue weighted by Crippen LogP contribution is 2.23. The Morgan fingerprint density at radius 1 is 1.30 bits per heavy atom. The van der Waals surface area contributed by atoms with Crippen LogP contribution in [-0.4, -0.2) is 33.4 Å². The van der Waals surface area contributed by atoms with Gasteiger partial charge >= 0.3 is 0 Å². The molecule has 0 bridgehead atoms. The molecule has 0 unspecified atom stereocenters. The largest absolute Gasteiger partial charge is 0.327 e. The minimum atomic E-state index is -0.0235. The van der Waals surface area contributed by atoms with Gasteiger partial charge in [-0.3, -0.25) is 9.69 Å². The molecule has 1 aliphatic rings. The Labute approximate surface area is 137 Å². The fourth-order valence-corrected chi connectivity index (χ4v) is 3.16. The van der Waals surface area contributed by atoms with Gasteiger partial charge in [-0.05, 0) is 51.1 Å². The van der Waals surface area contributed by atoms with E-state index in [0.29, 0.717) is 0 Å². The number of aryl methyl sites for hydroxylation is 1. The number of anilines is 1. The van der Waals surface area contributed by atoms with Gasteiger partial charge in [0.2, 0.25) is 5.91 Å². The molecule has 1 saturated heterocycles. The van der Waals surface area contributed by atoms with Crippen LogP contribution in [0.2, 0.25) is 0 Å². The molecule has 5 nitrogen and oxygen atoms in total. The van der Waals surface area contributed by atoms with Crippen LogP contribution in [0.3, 0.4) is 0 Å². The summed E-state index contributed by atoms with van der Waals surface area (Å²) in [7, 11) is 0. The molecular weight excluding hydrogens is 288 g/mol. The molecule has 1 amide bonds. The van der Waals surface area contributed by atoms with E-state index in [2.05, 4.69) is 27.8 Å². The first-order chi connectivity index (χ1) is 11.1. The molecule has 0 atom stereocenters. The first-order valence-electron chi connectivity index (χ1n) is 8.61. The zero-order valence-electron chi connectivity index (χ0n) is 14.3. The van der Waals surface area contributed by atoms with Crippen LogP contribution in [0, 0.1) is 5.92 Å². The highest BCUT2D eigenvalue weighted by molar-refractivity contribution is 5.94. The van der Waals surface area contributed by atoms with Crippen molar-refractivity contribution in [3.8, 4) is 0 Å². The molecule has 23 heavy (non-hydrogen) atoms. The second kappa shape index (κ2) is 6.71. The molecule has 0 aliphatic carbocycles. The zero-order valence-corrected chi connectivity index (χ0v) is 14.3. The number of fused-ring (bicyclic) bond motifs is 1. The second-order valence-electron chi connectivity index (χ2n) is 6.60. The molecule has 1 aromatic carbocycles. The lowest BCUT2D eigenvalue weighted by Gasteiger charge is -2.14. The quantitative estimate of drug-likeness (QED) is 0.921. The summed E-state index contributed by atoms with van der Waals surface area (Å²) >= 11 is 0. The Balaban J connectivity index is 1.88. The number of aromatic nitrogens is 2. The van der Waals surface area contributed by atoms with Gasteiger partial charge in [-0.15, -0.1) is 0 Å². The van der Waals surface area contributed by atoms with Crippen LogP contribution in [0.1, 0.15) is 39.4 Å². The molecule has 2 heterocycles. The average Bonchev–Trinajstić information content (AvgIpc) is 3.14. The molecule has 3 rings (SSSR count). The SMILES string of the molecule is CCn1c(CN2CCCC2)nc2cc(NC(=O)C(C)C)ccc21. The topological polar surface area (TPSA) is 50.2 Å².